The highest BCUT2D eigenvalue weighted by atomic mass is 32.1. The van der Waals surface area contributed by atoms with E-state index >= 15 is 0 Å². The number of piperidine rings is 1. The normalized spacial score (nSPS) is 16.4. The van der Waals surface area contributed by atoms with Crippen LogP contribution in [0.3, 0.4) is 0 Å². The molecule has 28 heteroatoms. The Kier molecular flexibility index (Phi) is 33.6. The Balaban J connectivity index is 1.17. The topological polar surface area (TPSA) is 371 Å². The minimum Gasteiger partial charge on any atom is -0.508 e. The number of phenols is 1. The van der Waals surface area contributed by atoms with Crippen molar-refractivity contribution in [1.82, 2.24) is 57.1 Å². The van der Waals surface area contributed by atoms with E-state index in [1.165, 1.54) is 35.6 Å². The lowest BCUT2D eigenvalue weighted by Crippen LogP contribution is -2.58. The number of hydrogen-bond acceptors (Lipinski definition) is 17. The lowest BCUT2D eigenvalue weighted by molar-refractivity contribution is -0.143. The summed E-state index contributed by atoms with van der Waals surface area (Å²) < 4.78 is 11.9. The lowest BCUT2D eigenvalue weighted by atomic mass is 9.92. The van der Waals surface area contributed by atoms with Gasteiger partial charge in [0, 0.05) is 80.3 Å². The average molecular weight is 1380 g/mol. The number of rotatable bonds is 40. The van der Waals surface area contributed by atoms with Crippen LogP contribution >= 0.6 is 11.3 Å². The number of thiazole rings is 1. The summed E-state index contributed by atoms with van der Waals surface area (Å²) in [5.41, 5.74) is 11.6. The first-order chi connectivity index (χ1) is 46.7. The number of phenolic OH excluding ortho intramolecular Hbond substituents is 1. The summed E-state index contributed by atoms with van der Waals surface area (Å²) in [6.07, 6.45) is 8.36. The molecule has 3 aromatic rings. The van der Waals surface area contributed by atoms with E-state index < -0.39 is 77.8 Å². The molecule has 2 aromatic carbocycles. The second kappa shape index (κ2) is 41.0. The lowest BCUT2D eigenvalue weighted by Gasteiger charge is -2.40. The van der Waals surface area contributed by atoms with Crippen LogP contribution in [-0.4, -0.2) is 166 Å². The van der Waals surface area contributed by atoms with Gasteiger partial charge in [-0.05, 0) is 131 Å². The molecular weight excluding hydrogens is 1280 g/mol. The summed E-state index contributed by atoms with van der Waals surface area (Å²) in [6.45, 7) is 19.1. The number of imide groups is 1. The molecule has 0 spiro atoms. The van der Waals surface area contributed by atoms with Crippen molar-refractivity contribution < 1.29 is 67.3 Å². The molecular formula is C70H105N13O14S. The van der Waals surface area contributed by atoms with Crippen LogP contribution in [0.5, 0.6) is 5.75 Å². The molecule has 0 bridgehead atoms. The number of nitrogens with two attached hydrogens (primary N) is 1. The number of carbonyl (C=O) groups is 11. The number of nitrogens with zero attached hydrogens (tertiary/aromatic N) is 4. The maximum atomic E-state index is 14.9. The van der Waals surface area contributed by atoms with Gasteiger partial charge < -0.3 is 57.1 Å². The van der Waals surface area contributed by atoms with Crippen LogP contribution in [0.4, 0.5) is 15.3 Å². The number of ether oxygens (including phenoxy) is 2. The van der Waals surface area contributed by atoms with Gasteiger partial charge in [-0.25, -0.2) is 20.0 Å². The molecule has 27 nitrogen and oxygen atoms in total. The van der Waals surface area contributed by atoms with E-state index in [0.717, 1.165) is 36.3 Å². The fourth-order valence-corrected chi connectivity index (χ4v) is 12.5. The number of aromatic hydroxyl groups is 1. The molecule has 12 amide bonds. The van der Waals surface area contributed by atoms with Crippen molar-refractivity contribution in [3.05, 3.63) is 87.9 Å². The number of unbranched alkanes of at least 4 members (excludes halogenated alkanes) is 2. The second-order valence-electron chi connectivity index (χ2n) is 26.2. The quantitative estimate of drug-likeness (QED) is 0.0159. The van der Waals surface area contributed by atoms with Gasteiger partial charge >= 0.3 is 12.1 Å². The standard InChI is InChI=1S/C70H105N13O14S/c1-11-34-82(68(93)61(45(8)13-3)78-65(91)54-21-16-18-35-81(54)10)55(43(4)5)40-56(96-37-12-2)67-76-53(42-98-67)64(90)74-50(39-47-25-29-51(84)30-26-47)38-46(9)62(88)79-80-70(95)97-41-48-23-27-49(28-24-48)73-63(89)52(20-19-33-72-69(71)94)75-66(92)60(44(6)7)77-57(85)22-15-14-17-36-83-58(86)31-32-59(83)87/h23-32,42-46,50,52,54-56,60-61,84H,11-22,33-41H2,1-10H3,(H,73,89)(H,74,90)(H,75,92)(H,77,85)(H,78,91)(H,79,88)(H,80,95)(H3,71,72,94). The summed E-state index contributed by atoms with van der Waals surface area (Å²) in [4.78, 5) is 155. The van der Waals surface area contributed by atoms with Gasteiger partial charge in [-0.2, -0.15) is 0 Å². The van der Waals surface area contributed by atoms with E-state index in [1.807, 2.05) is 39.6 Å². The first-order valence-corrected chi connectivity index (χ1v) is 35.4. The number of nitrogens with one attached hydrogen (secondary N) is 8. The maximum Gasteiger partial charge on any atom is 0.426 e. The van der Waals surface area contributed by atoms with Crippen molar-refractivity contribution in [2.45, 2.75) is 208 Å². The molecule has 98 heavy (non-hydrogen) atoms. The minimum atomic E-state index is -1.11. The number of benzene rings is 2. The van der Waals surface area contributed by atoms with Crippen LogP contribution in [0, 0.1) is 23.7 Å². The molecule has 3 heterocycles. The van der Waals surface area contributed by atoms with Gasteiger partial charge in [0.05, 0.1) is 6.04 Å². The van der Waals surface area contributed by atoms with E-state index in [1.54, 1.807) is 62.5 Å². The Labute approximate surface area is 580 Å². The number of hydrogen-bond donors (Lipinski definition) is 10. The molecule has 0 aliphatic carbocycles. The summed E-state index contributed by atoms with van der Waals surface area (Å²) in [5, 5.41) is 29.3. The number of carbonyl (C=O) groups excluding carboxylic acids is 11. The van der Waals surface area contributed by atoms with Crippen LogP contribution in [-0.2, 0) is 60.9 Å². The summed E-state index contributed by atoms with van der Waals surface area (Å²) in [6, 6.07) is 7.93. The fraction of sp³-hybridized carbons (Fsp3) is 0.600. The van der Waals surface area contributed by atoms with Gasteiger partial charge in [0.25, 0.3) is 17.7 Å². The zero-order valence-corrected chi connectivity index (χ0v) is 59.4. The highest BCUT2D eigenvalue weighted by Crippen LogP contribution is 2.32. The third-order valence-electron chi connectivity index (χ3n) is 17.5. The molecule has 5 rings (SSSR count). The fourth-order valence-electron chi connectivity index (χ4n) is 11.7. The molecule has 9 unspecified atom stereocenters. The minimum absolute atomic E-state index is 0.0155. The largest absolute Gasteiger partial charge is 0.508 e. The zero-order valence-electron chi connectivity index (χ0n) is 58.6. The van der Waals surface area contributed by atoms with Crippen molar-refractivity contribution in [1.29, 1.82) is 0 Å². The second-order valence-corrected chi connectivity index (χ2v) is 27.1. The van der Waals surface area contributed by atoms with E-state index in [4.69, 9.17) is 20.2 Å². The number of likely N-dealkylation sites (N-methyl/N-ethyl adjacent to an activating group) is 1. The van der Waals surface area contributed by atoms with Gasteiger partial charge in [-0.15, -0.1) is 11.3 Å². The van der Waals surface area contributed by atoms with Crippen LogP contribution in [0.25, 0.3) is 0 Å². The number of urea groups is 1. The number of anilines is 1. The molecule has 1 saturated heterocycles. The molecule has 11 N–H and O–H groups in total. The molecule has 2 aliphatic rings. The van der Waals surface area contributed by atoms with Crippen LogP contribution in [0.1, 0.15) is 185 Å². The molecule has 0 saturated carbocycles. The summed E-state index contributed by atoms with van der Waals surface area (Å²) >= 11 is 1.28. The molecule has 1 fully saturated rings. The van der Waals surface area contributed by atoms with Crippen molar-refractivity contribution in [3.8, 4) is 5.75 Å². The first kappa shape index (κ1) is 80.2. The van der Waals surface area contributed by atoms with E-state index in [-0.39, 0.29) is 117 Å². The SMILES string of the molecule is CCCOC(CC(C(C)C)N(CCC)C(=O)C(NC(=O)C1CCCCN1C)C(C)CC)c1nc(C(=O)NC(Cc2ccc(O)cc2)CC(C)C(=O)NNC(=O)OCc2ccc(NC(=O)C(CCCNC(N)=O)NC(=O)C(NC(=O)CCCCCN3C(=O)C=CC3=O)C(C)C)cc2)cs1. The zero-order chi connectivity index (χ0) is 72.0. The Bertz CT molecular complexity index is 3150. The monoisotopic (exact) mass is 1380 g/mol. The average Bonchev–Trinajstić information content (AvgIpc) is 1.13. The molecule has 540 valence electrons. The van der Waals surface area contributed by atoms with Crippen LogP contribution in [0.15, 0.2) is 66.1 Å². The number of likely N-dealkylation sites (tertiary alicyclic amines) is 1. The molecule has 1 aromatic heterocycles. The summed E-state index contributed by atoms with van der Waals surface area (Å²) in [5.74, 6) is -4.92. The number of hydrazine groups is 1. The maximum absolute atomic E-state index is 14.9. The predicted molar refractivity (Wildman–Crippen MR) is 371 cm³/mol. The Morgan fingerprint density at radius 1 is 0.765 bits per heavy atom. The van der Waals surface area contributed by atoms with Crippen molar-refractivity contribution in [2.24, 2.45) is 29.4 Å². The first-order valence-electron chi connectivity index (χ1n) is 34.5. The van der Waals surface area contributed by atoms with E-state index in [0.29, 0.717) is 74.4 Å². The highest BCUT2D eigenvalue weighted by molar-refractivity contribution is 7.09. The van der Waals surface area contributed by atoms with Crippen LogP contribution < -0.4 is 48.5 Å². The van der Waals surface area contributed by atoms with Crippen molar-refractivity contribution >= 4 is 82.3 Å². The van der Waals surface area contributed by atoms with Gasteiger partial charge in [-0.1, -0.05) is 106 Å². The molecule has 0 radical (unpaired) electrons. The van der Waals surface area contributed by atoms with Gasteiger partial charge in [0.2, 0.25) is 35.4 Å². The third kappa shape index (κ3) is 26.1. The predicted octanol–water partition coefficient (Wildman–Crippen LogP) is 6.81. The summed E-state index contributed by atoms with van der Waals surface area (Å²) in [7, 11) is 1.95. The van der Waals surface area contributed by atoms with E-state index in [9.17, 15) is 57.8 Å². The molecule has 9 atom stereocenters. The number of aromatic nitrogens is 1. The number of amides is 12. The molecule has 2 aliphatic heterocycles. The van der Waals surface area contributed by atoms with Crippen LogP contribution in [0.2, 0.25) is 0 Å². The Morgan fingerprint density at radius 3 is 2.09 bits per heavy atom. The van der Waals surface area contributed by atoms with Crippen molar-refractivity contribution in [3.63, 3.8) is 0 Å². The van der Waals surface area contributed by atoms with E-state index in [2.05, 4.69) is 61.5 Å². The van der Waals surface area contributed by atoms with Gasteiger partial charge in [0.15, 0.2) is 0 Å². The van der Waals surface area contributed by atoms with Gasteiger partial charge in [0.1, 0.15) is 47.3 Å². The van der Waals surface area contributed by atoms with Crippen molar-refractivity contribution in [2.75, 3.05) is 45.2 Å². The van der Waals surface area contributed by atoms with Gasteiger partial charge in [-0.3, -0.25) is 58.4 Å². The smallest absolute Gasteiger partial charge is 0.426 e. The highest BCUT2D eigenvalue weighted by Gasteiger charge is 2.39. The Hall–Kier alpha value is -8.50. The third-order valence-corrected chi connectivity index (χ3v) is 18.5. The number of primary amides is 1. The Morgan fingerprint density at radius 2 is 1.46 bits per heavy atom.